The fraction of sp³-hybridized carbons (Fsp3) is 0.292. The monoisotopic (exact) mass is 424 g/mol. The lowest BCUT2D eigenvalue weighted by Crippen LogP contribution is -2.32. The number of carbonyl (C=O) groups excluding carboxylic acids is 1. The molecule has 160 valence electrons. The molecule has 2 aromatic rings. The minimum absolute atomic E-state index is 0.0697. The zero-order valence-corrected chi connectivity index (χ0v) is 16.8. The molecule has 0 unspecified atom stereocenters. The van der Waals surface area contributed by atoms with Crippen LogP contribution in [0.4, 0.5) is 8.78 Å². The summed E-state index contributed by atoms with van der Waals surface area (Å²) in [6, 6.07) is 11.8. The van der Waals surface area contributed by atoms with Crippen molar-refractivity contribution >= 4 is 23.7 Å². The summed E-state index contributed by atoms with van der Waals surface area (Å²) in [4.78, 5) is 23.8. The van der Waals surface area contributed by atoms with Gasteiger partial charge in [0, 0.05) is 12.3 Å². The van der Waals surface area contributed by atoms with E-state index >= 15 is 0 Å². The highest BCUT2D eigenvalue weighted by atomic mass is 19.1. The number of hydrogen-bond donors (Lipinski definition) is 1. The molecule has 0 spiro atoms. The molecule has 1 aliphatic heterocycles. The normalized spacial score (nSPS) is 21.7. The van der Waals surface area contributed by atoms with E-state index in [1.807, 2.05) is 6.08 Å². The second-order valence-electron chi connectivity index (χ2n) is 7.83. The molecule has 0 bridgehead atoms. The number of rotatable bonds is 5. The lowest BCUT2D eigenvalue weighted by atomic mass is 9.77. The number of carboxylic acids is 1. The Morgan fingerprint density at radius 2 is 1.68 bits per heavy atom. The highest BCUT2D eigenvalue weighted by Crippen LogP contribution is 2.44. The number of carboxylic acid groups (broad SMARTS) is 1. The third-order valence-corrected chi connectivity index (χ3v) is 5.73. The zero-order valence-electron chi connectivity index (χ0n) is 16.8. The number of hydrogen-bond acceptors (Lipinski definition) is 3. The summed E-state index contributed by atoms with van der Waals surface area (Å²) in [5.41, 5.74) is 3.36. The molecule has 1 fully saturated rings. The van der Waals surface area contributed by atoms with Gasteiger partial charge < -0.3 is 5.11 Å². The zero-order chi connectivity index (χ0) is 22.0. The van der Waals surface area contributed by atoms with Crippen LogP contribution in [0.15, 0.2) is 59.2 Å². The molecule has 0 aromatic heterocycles. The number of fused-ring (bicyclic) bond motifs is 1. The highest BCUT2D eigenvalue weighted by molar-refractivity contribution is 6.08. The Morgan fingerprint density at radius 3 is 2.32 bits per heavy atom. The third kappa shape index (κ3) is 4.55. The number of nitrogens with zero attached hydrogens (tertiary/aromatic N) is 2. The number of amides is 1. The quantitative estimate of drug-likeness (QED) is 0.738. The second kappa shape index (κ2) is 8.79. The van der Waals surface area contributed by atoms with Gasteiger partial charge in [-0.15, -0.1) is 0 Å². The van der Waals surface area contributed by atoms with Gasteiger partial charge in [0.1, 0.15) is 11.6 Å². The number of benzene rings is 2. The SMILES string of the molecule is O=C(O)CCC(=O)N1N=C2/C(=C/c3ccc(F)cc3)CCC[C@@H]2[C@H]1c1ccc(F)cc1. The summed E-state index contributed by atoms with van der Waals surface area (Å²) < 4.78 is 26.8. The molecule has 0 radical (unpaired) electrons. The minimum atomic E-state index is -1.05. The third-order valence-electron chi connectivity index (χ3n) is 5.73. The molecule has 5 nitrogen and oxygen atoms in total. The highest BCUT2D eigenvalue weighted by Gasteiger charge is 2.43. The average Bonchev–Trinajstić information content (AvgIpc) is 3.15. The standard InChI is InChI=1S/C24H22F2N2O3/c25-18-8-4-15(5-9-18)14-17-2-1-3-20-23(17)27-28(21(29)12-13-22(30)31)24(20)16-6-10-19(26)11-7-16/h4-11,14,20,24H,1-3,12-13H2,(H,30,31)/b17-14+/t20-,24+/m0/s1. The molecule has 1 N–H and O–H groups in total. The Kier molecular flexibility index (Phi) is 5.93. The molecule has 1 amide bonds. The molecule has 2 aromatic carbocycles. The summed E-state index contributed by atoms with van der Waals surface area (Å²) in [7, 11) is 0. The molecule has 1 heterocycles. The summed E-state index contributed by atoms with van der Waals surface area (Å²) in [5.74, 6) is -2.17. The van der Waals surface area contributed by atoms with Gasteiger partial charge in [0.15, 0.2) is 0 Å². The average molecular weight is 424 g/mol. The van der Waals surface area contributed by atoms with Crippen molar-refractivity contribution in [3.63, 3.8) is 0 Å². The van der Waals surface area contributed by atoms with Crippen molar-refractivity contribution in [1.29, 1.82) is 0 Å². The summed E-state index contributed by atoms with van der Waals surface area (Å²) >= 11 is 0. The second-order valence-corrected chi connectivity index (χ2v) is 7.83. The van der Waals surface area contributed by atoms with Crippen LogP contribution in [-0.2, 0) is 9.59 Å². The summed E-state index contributed by atoms with van der Waals surface area (Å²) in [6.07, 6.45) is 4.00. The summed E-state index contributed by atoms with van der Waals surface area (Å²) in [6.45, 7) is 0. The maximum atomic E-state index is 13.5. The minimum Gasteiger partial charge on any atom is -0.481 e. The van der Waals surface area contributed by atoms with Gasteiger partial charge in [0.2, 0.25) is 5.91 Å². The molecule has 2 aliphatic rings. The molecule has 2 atom stereocenters. The van der Waals surface area contributed by atoms with E-state index in [0.717, 1.165) is 41.7 Å². The van der Waals surface area contributed by atoms with E-state index < -0.39 is 12.0 Å². The molecule has 4 rings (SSSR count). The van der Waals surface area contributed by atoms with Crippen molar-refractivity contribution in [1.82, 2.24) is 5.01 Å². The van der Waals surface area contributed by atoms with Crippen LogP contribution in [0.5, 0.6) is 0 Å². The predicted molar refractivity (Wildman–Crippen MR) is 112 cm³/mol. The predicted octanol–water partition coefficient (Wildman–Crippen LogP) is 4.95. The van der Waals surface area contributed by atoms with Crippen molar-refractivity contribution in [2.75, 3.05) is 0 Å². The van der Waals surface area contributed by atoms with Gasteiger partial charge in [-0.05, 0) is 66.3 Å². The fourth-order valence-corrected chi connectivity index (χ4v) is 4.29. The van der Waals surface area contributed by atoms with Gasteiger partial charge >= 0.3 is 5.97 Å². The molecule has 7 heteroatoms. The Balaban J connectivity index is 1.70. The van der Waals surface area contributed by atoms with Crippen molar-refractivity contribution < 1.29 is 23.5 Å². The van der Waals surface area contributed by atoms with Crippen molar-refractivity contribution in [2.24, 2.45) is 11.0 Å². The number of aliphatic carboxylic acids is 1. The number of halogens is 2. The van der Waals surface area contributed by atoms with E-state index in [1.54, 1.807) is 24.3 Å². The van der Waals surface area contributed by atoms with E-state index in [9.17, 15) is 18.4 Å². The van der Waals surface area contributed by atoms with E-state index in [2.05, 4.69) is 5.10 Å². The first-order valence-electron chi connectivity index (χ1n) is 10.3. The Bertz CT molecular complexity index is 1050. The molecule has 1 aliphatic carbocycles. The lowest BCUT2D eigenvalue weighted by molar-refractivity contribution is -0.141. The number of hydrazone groups is 1. The first-order valence-corrected chi connectivity index (χ1v) is 10.3. The Hall–Kier alpha value is -3.35. The molecule has 31 heavy (non-hydrogen) atoms. The van der Waals surface area contributed by atoms with Crippen LogP contribution in [0.2, 0.25) is 0 Å². The molecule has 0 saturated heterocycles. The van der Waals surface area contributed by atoms with Crippen LogP contribution >= 0.6 is 0 Å². The van der Waals surface area contributed by atoms with Gasteiger partial charge in [-0.3, -0.25) is 9.59 Å². The Morgan fingerprint density at radius 1 is 1.03 bits per heavy atom. The number of allylic oxidation sites excluding steroid dienone is 1. The van der Waals surface area contributed by atoms with Gasteiger partial charge in [-0.1, -0.05) is 24.3 Å². The van der Waals surface area contributed by atoms with Crippen LogP contribution in [0, 0.1) is 17.6 Å². The van der Waals surface area contributed by atoms with Crippen LogP contribution in [0.25, 0.3) is 6.08 Å². The summed E-state index contributed by atoms with van der Waals surface area (Å²) in [5, 5.41) is 15.0. The van der Waals surface area contributed by atoms with Gasteiger partial charge in [0.05, 0.1) is 18.2 Å². The topological polar surface area (TPSA) is 70.0 Å². The van der Waals surface area contributed by atoms with Crippen molar-refractivity contribution in [3.05, 3.63) is 76.9 Å². The van der Waals surface area contributed by atoms with Gasteiger partial charge in [0.25, 0.3) is 0 Å². The van der Waals surface area contributed by atoms with Gasteiger partial charge in [-0.25, -0.2) is 13.8 Å². The smallest absolute Gasteiger partial charge is 0.303 e. The van der Waals surface area contributed by atoms with Crippen molar-refractivity contribution in [2.45, 2.75) is 38.1 Å². The van der Waals surface area contributed by atoms with E-state index in [4.69, 9.17) is 5.11 Å². The van der Waals surface area contributed by atoms with Gasteiger partial charge in [-0.2, -0.15) is 5.10 Å². The first-order chi connectivity index (χ1) is 14.9. The first kappa shape index (κ1) is 20.9. The molecular weight excluding hydrogens is 402 g/mol. The number of carbonyl (C=O) groups is 2. The van der Waals surface area contributed by atoms with Crippen molar-refractivity contribution in [3.8, 4) is 0 Å². The maximum Gasteiger partial charge on any atom is 0.303 e. The van der Waals surface area contributed by atoms with Crippen LogP contribution < -0.4 is 0 Å². The largest absolute Gasteiger partial charge is 0.481 e. The Labute approximate surface area is 178 Å². The van der Waals surface area contributed by atoms with E-state index in [-0.39, 0.29) is 36.3 Å². The maximum absolute atomic E-state index is 13.5. The molecular formula is C24H22F2N2O3. The van der Waals surface area contributed by atoms with E-state index in [0.29, 0.717) is 0 Å². The van der Waals surface area contributed by atoms with E-state index in [1.165, 1.54) is 29.3 Å². The molecule has 1 saturated carbocycles. The van der Waals surface area contributed by atoms with Crippen LogP contribution in [0.1, 0.15) is 49.3 Å². The lowest BCUT2D eigenvalue weighted by Gasteiger charge is -2.29. The van der Waals surface area contributed by atoms with Crippen LogP contribution in [-0.4, -0.2) is 27.7 Å². The fourth-order valence-electron chi connectivity index (χ4n) is 4.29. The van der Waals surface area contributed by atoms with Crippen LogP contribution in [0.3, 0.4) is 0 Å².